The molecule has 3 rings (SSSR count). The standard InChI is InChI=1S/C19H24ClN5/c1-24(2)9-10-25-7-5-16(6-8-25)23-19-14(12-21)13-22-18-4-3-15(20)11-17(18)19/h3-4,11,13,16H,5-10H2,1-2H3,(H,22,23). The Labute approximate surface area is 154 Å². The van der Waals surface area contributed by atoms with E-state index in [9.17, 15) is 5.26 Å². The van der Waals surface area contributed by atoms with Crippen LogP contribution in [0, 0.1) is 11.3 Å². The fourth-order valence-corrected chi connectivity index (χ4v) is 3.42. The number of nitrogens with zero attached hydrogens (tertiary/aromatic N) is 4. The van der Waals surface area contributed by atoms with Crippen LogP contribution >= 0.6 is 11.6 Å². The Hall–Kier alpha value is -1.87. The maximum Gasteiger partial charge on any atom is 0.103 e. The molecule has 0 amide bonds. The highest BCUT2D eigenvalue weighted by Crippen LogP contribution is 2.30. The van der Waals surface area contributed by atoms with Crippen LogP contribution in [0.2, 0.25) is 5.02 Å². The van der Waals surface area contributed by atoms with E-state index in [0.29, 0.717) is 16.6 Å². The highest BCUT2D eigenvalue weighted by atomic mass is 35.5. The number of nitriles is 1. The molecule has 0 bridgehead atoms. The van der Waals surface area contributed by atoms with Gasteiger partial charge in [0.15, 0.2) is 0 Å². The van der Waals surface area contributed by atoms with Crippen LogP contribution < -0.4 is 5.32 Å². The number of aromatic nitrogens is 1. The molecular weight excluding hydrogens is 334 g/mol. The summed E-state index contributed by atoms with van der Waals surface area (Å²) in [5.41, 5.74) is 2.29. The maximum absolute atomic E-state index is 9.46. The van der Waals surface area contributed by atoms with Gasteiger partial charge in [-0.3, -0.25) is 4.98 Å². The Bertz CT molecular complexity index is 775. The van der Waals surface area contributed by atoms with Crippen molar-refractivity contribution in [1.29, 1.82) is 5.26 Å². The molecule has 2 heterocycles. The van der Waals surface area contributed by atoms with Gasteiger partial charge in [-0.05, 0) is 45.1 Å². The van der Waals surface area contributed by atoms with Gasteiger partial charge in [0.1, 0.15) is 6.07 Å². The monoisotopic (exact) mass is 357 g/mol. The first-order valence-electron chi connectivity index (χ1n) is 8.69. The first kappa shape index (κ1) is 17.9. The first-order chi connectivity index (χ1) is 12.1. The Balaban J connectivity index is 1.73. The van der Waals surface area contributed by atoms with Crippen LogP contribution in [-0.4, -0.2) is 61.1 Å². The van der Waals surface area contributed by atoms with Crippen molar-refractivity contribution in [2.45, 2.75) is 18.9 Å². The summed E-state index contributed by atoms with van der Waals surface area (Å²) in [6, 6.07) is 8.24. The van der Waals surface area contributed by atoms with Gasteiger partial charge in [-0.15, -0.1) is 0 Å². The minimum Gasteiger partial charge on any atom is -0.381 e. The van der Waals surface area contributed by atoms with Gasteiger partial charge in [0.05, 0.1) is 16.8 Å². The lowest BCUT2D eigenvalue weighted by Crippen LogP contribution is -2.41. The van der Waals surface area contributed by atoms with E-state index in [2.05, 4.69) is 40.3 Å². The van der Waals surface area contributed by atoms with E-state index in [1.165, 1.54) is 0 Å². The minimum absolute atomic E-state index is 0.368. The first-order valence-corrected chi connectivity index (χ1v) is 9.06. The normalized spacial score (nSPS) is 16.3. The number of rotatable bonds is 5. The van der Waals surface area contributed by atoms with Crippen molar-refractivity contribution in [3.8, 4) is 6.07 Å². The number of likely N-dealkylation sites (N-methyl/N-ethyl adjacent to an activating group) is 1. The summed E-state index contributed by atoms with van der Waals surface area (Å²) in [5, 5.41) is 14.6. The van der Waals surface area contributed by atoms with Crippen LogP contribution in [0.15, 0.2) is 24.4 Å². The van der Waals surface area contributed by atoms with E-state index < -0.39 is 0 Å². The van der Waals surface area contributed by atoms with Crippen LogP contribution in [0.4, 0.5) is 5.69 Å². The second kappa shape index (κ2) is 8.01. The molecular formula is C19H24ClN5. The Morgan fingerprint density at radius 1 is 1.36 bits per heavy atom. The van der Waals surface area contributed by atoms with Crippen molar-refractivity contribution in [3.05, 3.63) is 35.0 Å². The lowest BCUT2D eigenvalue weighted by atomic mass is 10.0. The van der Waals surface area contributed by atoms with E-state index in [-0.39, 0.29) is 0 Å². The third-order valence-corrected chi connectivity index (χ3v) is 4.99. The minimum atomic E-state index is 0.368. The molecule has 1 aliphatic heterocycles. The van der Waals surface area contributed by atoms with Crippen LogP contribution in [-0.2, 0) is 0 Å². The third-order valence-electron chi connectivity index (χ3n) is 4.75. The van der Waals surface area contributed by atoms with Gasteiger partial charge in [0.2, 0.25) is 0 Å². The number of piperidine rings is 1. The summed E-state index contributed by atoms with van der Waals surface area (Å²) in [5.74, 6) is 0. The quantitative estimate of drug-likeness (QED) is 0.890. The molecule has 132 valence electrons. The van der Waals surface area contributed by atoms with Gasteiger partial charge in [0, 0.05) is 48.8 Å². The molecule has 0 spiro atoms. The fourth-order valence-electron chi connectivity index (χ4n) is 3.25. The molecule has 1 N–H and O–H groups in total. The van der Waals surface area contributed by atoms with Crippen molar-refractivity contribution in [3.63, 3.8) is 0 Å². The predicted molar refractivity (Wildman–Crippen MR) is 103 cm³/mol. The molecule has 0 radical (unpaired) electrons. The lowest BCUT2D eigenvalue weighted by molar-refractivity contribution is 0.199. The number of likely N-dealkylation sites (tertiary alicyclic amines) is 1. The molecule has 25 heavy (non-hydrogen) atoms. The Morgan fingerprint density at radius 2 is 2.12 bits per heavy atom. The van der Waals surface area contributed by atoms with Gasteiger partial charge in [-0.1, -0.05) is 11.6 Å². The smallest absolute Gasteiger partial charge is 0.103 e. The molecule has 6 heteroatoms. The maximum atomic E-state index is 9.46. The van der Waals surface area contributed by atoms with E-state index in [1.54, 1.807) is 6.20 Å². The van der Waals surface area contributed by atoms with Gasteiger partial charge in [0.25, 0.3) is 0 Å². The molecule has 1 fully saturated rings. The highest BCUT2D eigenvalue weighted by molar-refractivity contribution is 6.31. The van der Waals surface area contributed by atoms with Crippen molar-refractivity contribution in [1.82, 2.24) is 14.8 Å². The summed E-state index contributed by atoms with van der Waals surface area (Å²) < 4.78 is 0. The molecule has 1 aliphatic rings. The Morgan fingerprint density at radius 3 is 2.80 bits per heavy atom. The van der Waals surface area contributed by atoms with Gasteiger partial charge in [-0.2, -0.15) is 5.26 Å². The summed E-state index contributed by atoms with van der Waals surface area (Å²) in [4.78, 5) is 9.09. The van der Waals surface area contributed by atoms with Gasteiger partial charge in [-0.25, -0.2) is 0 Å². The predicted octanol–water partition coefficient (Wildman–Crippen LogP) is 3.20. The zero-order chi connectivity index (χ0) is 17.8. The topological polar surface area (TPSA) is 55.2 Å². The molecule has 0 saturated carbocycles. The summed E-state index contributed by atoms with van der Waals surface area (Å²) >= 11 is 6.16. The summed E-state index contributed by atoms with van der Waals surface area (Å²) in [7, 11) is 4.22. The van der Waals surface area contributed by atoms with E-state index in [4.69, 9.17) is 11.6 Å². The second-order valence-electron chi connectivity index (χ2n) is 6.88. The summed E-state index contributed by atoms with van der Waals surface area (Å²) in [6.07, 6.45) is 3.79. The number of hydrogen-bond donors (Lipinski definition) is 1. The zero-order valence-corrected chi connectivity index (χ0v) is 15.6. The van der Waals surface area contributed by atoms with Crippen LogP contribution in [0.3, 0.4) is 0 Å². The number of nitrogens with one attached hydrogen (secondary N) is 1. The van der Waals surface area contributed by atoms with E-state index in [0.717, 1.165) is 55.6 Å². The van der Waals surface area contributed by atoms with Crippen molar-refractivity contribution in [2.75, 3.05) is 45.6 Å². The second-order valence-corrected chi connectivity index (χ2v) is 7.32. The molecule has 1 aromatic heterocycles. The van der Waals surface area contributed by atoms with E-state index >= 15 is 0 Å². The van der Waals surface area contributed by atoms with Gasteiger partial charge < -0.3 is 15.1 Å². The number of benzene rings is 1. The largest absolute Gasteiger partial charge is 0.381 e. The van der Waals surface area contributed by atoms with Crippen molar-refractivity contribution in [2.24, 2.45) is 0 Å². The molecule has 1 aromatic carbocycles. The van der Waals surface area contributed by atoms with E-state index in [1.807, 2.05) is 18.2 Å². The molecule has 0 unspecified atom stereocenters. The highest BCUT2D eigenvalue weighted by Gasteiger charge is 2.21. The molecule has 0 atom stereocenters. The molecule has 2 aromatic rings. The average Bonchev–Trinajstić information content (AvgIpc) is 2.61. The number of hydrogen-bond acceptors (Lipinski definition) is 5. The molecule has 0 aliphatic carbocycles. The van der Waals surface area contributed by atoms with Crippen molar-refractivity contribution >= 4 is 28.2 Å². The zero-order valence-electron chi connectivity index (χ0n) is 14.8. The van der Waals surface area contributed by atoms with Gasteiger partial charge >= 0.3 is 0 Å². The van der Waals surface area contributed by atoms with Crippen LogP contribution in [0.5, 0.6) is 0 Å². The lowest BCUT2D eigenvalue weighted by Gasteiger charge is -2.33. The Kier molecular flexibility index (Phi) is 5.74. The summed E-state index contributed by atoms with van der Waals surface area (Å²) in [6.45, 7) is 4.36. The molecule has 1 saturated heterocycles. The average molecular weight is 358 g/mol. The van der Waals surface area contributed by atoms with Crippen molar-refractivity contribution < 1.29 is 0 Å². The van der Waals surface area contributed by atoms with Crippen LogP contribution in [0.1, 0.15) is 18.4 Å². The number of halogens is 1. The number of pyridine rings is 1. The fraction of sp³-hybridized carbons (Fsp3) is 0.474. The number of anilines is 1. The third kappa shape index (κ3) is 4.40. The van der Waals surface area contributed by atoms with Crippen LogP contribution in [0.25, 0.3) is 10.9 Å². The SMILES string of the molecule is CN(C)CCN1CCC(Nc2c(C#N)cnc3ccc(Cl)cc23)CC1. The number of fused-ring (bicyclic) bond motifs is 1. The molecule has 5 nitrogen and oxygen atoms in total.